The summed E-state index contributed by atoms with van der Waals surface area (Å²) in [6.45, 7) is 6.69. The molecule has 0 aliphatic carbocycles. The van der Waals surface area contributed by atoms with Gasteiger partial charge < -0.3 is 4.85 Å². The van der Waals surface area contributed by atoms with Gasteiger partial charge in [0.25, 0.3) is 0 Å². The van der Waals surface area contributed by atoms with Gasteiger partial charge in [-0.2, -0.15) is 13.4 Å². The predicted molar refractivity (Wildman–Crippen MR) is 27.5 cm³/mol. The topological polar surface area (TPSA) is 4.36 Å². The standard InChI is InChI=1S/C3H5N.H2S/c1-3-4-2;/h3H2,1H3;1H2/i1T;/hT. The van der Waals surface area contributed by atoms with E-state index in [0.717, 1.165) is 0 Å². The van der Waals surface area contributed by atoms with Crippen LogP contribution in [-0.2, 0) is 0 Å². The van der Waals surface area contributed by atoms with Gasteiger partial charge in [-0.25, -0.2) is 6.57 Å². The van der Waals surface area contributed by atoms with Gasteiger partial charge in [0.1, 0.15) is 0 Å². The first-order valence-electron chi connectivity index (χ1n) is 2.19. The van der Waals surface area contributed by atoms with Gasteiger partial charge in [-0.15, -0.1) is 0 Å². The van der Waals surface area contributed by atoms with Crippen LogP contribution in [0.4, 0.5) is 0 Å². The van der Waals surface area contributed by atoms with Gasteiger partial charge in [-0.3, -0.25) is 0 Å². The zero-order valence-electron chi connectivity index (χ0n) is 4.81. The SMILES string of the molecule is [3H]CC[N+]#[C-].[3H]S. The fourth-order valence-corrected chi connectivity index (χ4v) is 0. The number of hydrogen-bond donors (Lipinski definition) is 0. The van der Waals surface area contributed by atoms with Gasteiger partial charge >= 0.3 is 0 Å². The predicted octanol–water partition coefficient (Wildman–Crippen LogP) is 1.04. The van der Waals surface area contributed by atoms with Crippen molar-refractivity contribution in [1.29, 1.82) is 1.12 Å². The zero-order chi connectivity index (χ0) is 6.12. The fraction of sp³-hybridized carbons (Fsp3) is 0.667. The second-order valence-corrected chi connectivity index (χ2v) is 0.382. The van der Waals surface area contributed by atoms with Gasteiger partial charge in [-0.1, -0.05) is 0 Å². The number of hydrogen-bond acceptors (Lipinski definition) is 0. The van der Waals surface area contributed by atoms with Crippen LogP contribution in [0, 0.1) is 6.57 Å². The van der Waals surface area contributed by atoms with Crippen molar-refractivity contribution in [3.63, 3.8) is 0 Å². The van der Waals surface area contributed by atoms with Crippen LogP contribution >= 0.6 is 13.4 Å². The fourth-order valence-electron chi connectivity index (χ4n) is 0. The van der Waals surface area contributed by atoms with Crippen LogP contribution in [0.3, 0.4) is 0 Å². The average Bonchev–Trinajstić information content (AvgIpc) is 1.75. The summed E-state index contributed by atoms with van der Waals surface area (Å²) in [5.74, 6) is 0. The number of nitrogens with zero attached hydrogens (tertiary/aromatic N) is 1. The minimum atomic E-state index is 0.240. The minimum Gasteiger partial charge on any atom is -0.317 e. The highest BCUT2D eigenvalue weighted by Crippen LogP contribution is 1.52. The van der Waals surface area contributed by atoms with Gasteiger partial charge in [0.05, 0.1) is 1.12 Å². The van der Waals surface area contributed by atoms with Crippen molar-refractivity contribution < 1.29 is 1.37 Å². The van der Waals surface area contributed by atoms with Crippen molar-refractivity contribution in [2.75, 3.05) is 6.54 Å². The third kappa shape index (κ3) is 18.4. The molecule has 1 nitrogen and oxygen atoms in total. The first kappa shape index (κ1) is 3.05. The molecule has 0 aromatic rings. The monoisotopic (exact) mass is 93.0 g/mol. The molecule has 0 amide bonds. The first-order valence-corrected chi connectivity index (χ1v) is 1.04. The van der Waals surface area contributed by atoms with Crippen molar-refractivity contribution >= 4 is 13.4 Å². The summed E-state index contributed by atoms with van der Waals surface area (Å²) >= 11 is 2.78. The highest BCUT2D eigenvalue weighted by atomic mass is 32.1. The molecule has 2 heteroatoms. The van der Waals surface area contributed by atoms with E-state index < -0.39 is 0 Å². The highest BCUT2D eigenvalue weighted by Gasteiger charge is 1.50. The van der Waals surface area contributed by atoms with Crippen LogP contribution in [-0.4, -0.2) is 7.67 Å². The van der Waals surface area contributed by atoms with Gasteiger partial charge in [-0.05, 0) is 0 Å². The molecule has 0 fully saturated rings. The van der Waals surface area contributed by atoms with Crippen LogP contribution in [0.25, 0.3) is 4.85 Å². The highest BCUT2D eigenvalue weighted by molar-refractivity contribution is 7.59. The molecule has 0 atom stereocenters. The van der Waals surface area contributed by atoms with Crippen LogP contribution in [0.5, 0.6) is 0 Å². The summed E-state index contributed by atoms with van der Waals surface area (Å²) in [6.07, 6.45) is 0. The summed E-state index contributed by atoms with van der Waals surface area (Å²) in [4.78, 5) is 2.92. The Bertz CT molecular complexity index is 51.4. The molecule has 0 rings (SSSR count). The average molecular weight is 93.2 g/mol. The van der Waals surface area contributed by atoms with Gasteiger partial charge in [0.2, 0.25) is 6.54 Å². The van der Waals surface area contributed by atoms with Gasteiger partial charge in [0, 0.05) is 8.27 Å². The molecule has 0 spiro atoms. The molecule has 0 radical (unpaired) electrons. The second-order valence-electron chi connectivity index (χ2n) is 0.382. The maximum absolute atomic E-state index is 6.39. The molecule has 0 saturated heterocycles. The molecule has 5 heavy (non-hydrogen) atoms. The zero-order valence-corrected chi connectivity index (χ0v) is 3.70. The van der Waals surface area contributed by atoms with E-state index in [2.05, 4.69) is 18.2 Å². The summed E-state index contributed by atoms with van der Waals surface area (Å²) in [5, 5.41) is 0. The quantitative estimate of drug-likeness (QED) is 0.394. The third-order valence-corrected chi connectivity index (χ3v) is 0.112. The normalized spacial score (nSPS) is 8.00. The van der Waals surface area contributed by atoms with Crippen molar-refractivity contribution in [1.82, 2.24) is 0 Å². The molecule has 0 aliphatic rings. The van der Waals surface area contributed by atoms with E-state index in [4.69, 9.17) is 9.07 Å². The second kappa shape index (κ2) is 9.15. The van der Waals surface area contributed by atoms with E-state index in [1.54, 1.807) is 0 Å². The minimum absolute atomic E-state index is 0.240. The lowest BCUT2D eigenvalue weighted by Crippen LogP contribution is -1.47. The van der Waals surface area contributed by atoms with E-state index in [1.807, 2.05) is 0 Å². The lowest BCUT2D eigenvalue weighted by atomic mass is 10.8. The molecule has 0 aliphatic heterocycles. The van der Waals surface area contributed by atoms with Crippen LogP contribution < -0.4 is 0 Å². The van der Waals surface area contributed by atoms with Crippen LogP contribution in [0.15, 0.2) is 0 Å². The Kier molecular flexibility index (Phi) is 5.57. The van der Waals surface area contributed by atoms with E-state index in [-0.39, 0.29) is 6.90 Å². The Labute approximate surface area is 41.8 Å². The molecular weight excluding hydrogens is 82.1 g/mol. The molecule has 0 aromatic heterocycles. The molecule has 0 aromatic carbocycles. The summed E-state index contributed by atoms with van der Waals surface area (Å²) in [5.41, 5.74) is 0. The molecule has 0 bridgehead atoms. The molecule has 0 unspecified atom stereocenters. The van der Waals surface area contributed by atoms with Crippen molar-refractivity contribution in [2.45, 2.75) is 6.90 Å². The lowest BCUT2D eigenvalue weighted by molar-refractivity contribution is 1.35. The van der Waals surface area contributed by atoms with Crippen molar-refractivity contribution in [3.05, 3.63) is 11.4 Å². The van der Waals surface area contributed by atoms with Crippen molar-refractivity contribution in [3.8, 4) is 0 Å². The molecule has 0 saturated carbocycles. The summed E-state index contributed by atoms with van der Waals surface area (Å²) in [6, 6.07) is 0. The molecule has 30 valence electrons. The maximum Gasteiger partial charge on any atom is 0.211 e. The Morgan fingerprint density at radius 3 is 3.00 bits per heavy atom. The van der Waals surface area contributed by atoms with E-state index >= 15 is 0 Å². The Hall–Kier alpha value is -0.160. The smallest absolute Gasteiger partial charge is 0.211 e. The Morgan fingerprint density at radius 1 is 2.40 bits per heavy atom. The van der Waals surface area contributed by atoms with Crippen LogP contribution in [0.2, 0.25) is 0 Å². The largest absolute Gasteiger partial charge is 0.317 e. The maximum atomic E-state index is 6.39. The molecule has 0 heterocycles. The molecular formula is C3H7NS. The van der Waals surface area contributed by atoms with E-state index in [9.17, 15) is 0 Å². The lowest BCUT2D eigenvalue weighted by Gasteiger charge is -1.51. The summed E-state index contributed by atoms with van der Waals surface area (Å²) in [7, 11) is 0. The van der Waals surface area contributed by atoms with Crippen LogP contribution in [0.1, 0.15) is 8.27 Å². The Morgan fingerprint density at radius 2 is 3.00 bits per heavy atom. The Balaban J connectivity index is 0. The first-order chi connectivity index (χ1) is 3.41. The summed E-state index contributed by atoms with van der Waals surface area (Å²) < 4.78 is 11.8. The van der Waals surface area contributed by atoms with E-state index in [0.29, 0.717) is 6.54 Å². The third-order valence-electron chi connectivity index (χ3n) is 0.112. The van der Waals surface area contributed by atoms with Gasteiger partial charge in [0.15, 0.2) is 0 Å². The number of rotatable bonds is 0. The molecule has 0 N–H and O–H groups in total. The van der Waals surface area contributed by atoms with E-state index in [1.165, 1.54) is 0 Å². The van der Waals surface area contributed by atoms with Crippen molar-refractivity contribution in [2.24, 2.45) is 0 Å².